The second-order valence-electron chi connectivity index (χ2n) is 7.57. The lowest BCUT2D eigenvalue weighted by atomic mass is 10.2. The fraction of sp³-hybridized carbons (Fsp3) is 0.120. The second-order valence-corrected chi connectivity index (χ2v) is 10.0. The maximum Gasteiger partial charge on any atom is 0.274 e. The first-order valence-electron chi connectivity index (χ1n) is 10.1. The summed E-state index contributed by atoms with van der Waals surface area (Å²) < 4.78 is 0. The van der Waals surface area contributed by atoms with Crippen molar-refractivity contribution in [1.82, 2.24) is 0 Å². The number of benzene rings is 3. The van der Waals surface area contributed by atoms with E-state index in [1.807, 2.05) is 91.7 Å². The molecule has 0 saturated carbocycles. The van der Waals surface area contributed by atoms with Crippen LogP contribution in [0.4, 0.5) is 11.4 Å². The number of halogens is 1. The summed E-state index contributed by atoms with van der Waals surface area (Å²) >= 11 is 9.24. The minimum absolute atomic E-state index is 0.0549. The lowest BCUT2D eigenvalue weighted by Gasteiger charge is -2.17. The number of aryl methyl sites for hydroxylation is 1. The molecule has 3 aromatic carbocycles. The highest BCUT2D eigenvalue weighted by molar-refractivity contribution is 8.20. The molecule has 1 saturated heterocycles. The maximum atomic E-state index is 13.7. The van der Waals surface area contributed by atoms with Crippen LogP contribution in [0.1, 0.15) is 11.1 Å². The number of carbonyl (C=O) groups excluding carboxylic acids is 1. The molecule has 0 aliphatic carbocycles. The number of aliphatic imine (C=N–C) groups is 1. The van der Waals surface area contributed by atoms with Crippen LogP contribution in [-0.4, -0.2) is 18.1 Å². The molecule has 0 N–H and O–H groups in total. The van der Waals surface area contributed by atoms with Gasteiger partial charge in [-0.2, -0.15) is 0 Å². The first kappa shape index (κ1) is 21.2. The van der Waals surface area contributed by atoms with Gasteiger partial charge in [0.1, 0.15) is 4.91 Å². The molecule has 2 aliphatic heterocycles. The Morgan fingerprint density at radius 2 is 1.78 bits per heavy atom. The van der Waals surface area contributed by atoms with Crippen molar-refractivity contribution in [1.29, 1.82) is 0 Å². The van der Waals surface area contributed by atoms with Crippen LogP contribution < -0.4 is 9.80 Å². The van der Waals surface area contributed by atoms with E-state index in [2.05, 4.69) is 0 Å². The van der Waals surface area contributed by atoms with Crippen molar-refractivity contribution in [2.45, 2.75) is 18.4 Å². The molecule has 3 aromatic rings. The quantitative estimate of drug-likeness (QED) is 0.393. The van der Waals surface area contributed by atoms with Gasteiger partial charge in [0, 0.05) is 17.0 Å². The SMILES string of the molecule is Cc1cccc(N2C(=O)C(=C3Sc4ccc(Cl)cc4N3C)SC2=NCc2ccccc2)c1. The second kappa shape index (κ2) is 8.70. The Kier molecular flexibility index (Phi) is 5.76. The van der Waals surface area contributed by atoms with E-state index in [4.69, 9.17) is 16.6 Å². The van der Waals surface area contributed by atoms with Gasteiger partial charge in [0.2, 0.25) is 0 Å². The summed E-state index contributed by atoms with van der Waals surface area (Å²) in [5, 5.41) is 2.27. The molecule has 32 heavy (non-hydrogen) atoms. The summed E-state index contributed by atoms with van der Waals surface area (Å²) in [6, 6.07) is 23.9. The first-order chi connectivity index (χ1) is 15.5. The molecule has 5 rings (SSSR count). The van der Waals surface area contributed by atoms with Gasteiger partial charge < -0.3 is 4.90 Å². The van der Waals surface area contributed by atoms with Crippen molar-refractivity contribution < 1.29 is 4.79 Å². The molecular weight excluding hydrogens is 458 g/mol. The van der Waals surface area contributed by atoms with E-state index >= 15 is 0 Å². The third-order valence-corrected chi connectivity index (χ3v) is 7.94. The van der Waals surface area contributed by atoms with E-state index in [0.29, 0.717) is 21.6 Å². The summed E-state index contributed by atoms with van der Waals surface area (Å²) in [6.07, 6.45) is 0. The number of amidine groups is 1. The summed E-state index contributed by atoms with van der Waals surface area (Å²) in [7, 11) is 1.97. The van der Waals surface area contributed by atoms with Crippen LogP contribution in [-0.2, 0) is 11.3 Å². The van der Waals surface area contributed by atoms with E-state index in [0.717, 1.165) is 32.4 Å². The molecule has 0 aromatic heterocycles. The molecule has 0 unspecified atom stereocenters. The van der Waals surface area contributed by atoms with Crippen LogP contribution in [0.25, 0.3) is 0 Å². The molecule has 0 radical (unpaired) electrons. The van der Waals surface area contributed by atoms with Crippen molar-refractivity contribution in [3.63, 3.8) is 0 Å². The average Bonchev–Trinajstić information content (AvgIpc) is 3.29. The standard InChI is InChI=1S/C25H20ClN3OS2/c1-16-7-6-10-19(13-16)29-23(30)22(32-25(29)27-15-17-8-4-3-5-9-17)24-28(2)20-14-18(26)11-12-21(20)31-24/h3-14H,15H2,1-2H3. The third-order valence-electron chi connectivity index (χ3n) is 5.27. The van der Waals surface area contributed by atoms with Gasteiger partial charge in [-0.25, -0.2) is 0 Å². The van der Waals surface area contributed by atoms with Crippen LogP contribution in [0.5, 0.6) is 0 Å². The van der Waals surface area contributed by atoms with E-state index < -0.39 is 0 Å². The molecule has 1 fully saturated rings. The predicted molar refractivity (Wildman–Crippen MR) is 137 cm³/mol. The Labute approximate surface area is 201 Å². The van der Waals surface area contributed by atoms with Gasteiger partial charge in [-0.3, -0.25) is 14.7 Å². The third kappa shape index (κ3) is 3.94. The van der Waals surface area contributed by atoms with Crippen LogP contribution in [0.15, 0.2) is 92.6 Å². The van der Waals surface area contributed by atoms with Gasteiger partial charge in [0.05, 0.1) is 22.9 Å². The molecule has 4 nitrogen and oxygen atoms in total. The Morgan fingerprint density at radius 3 is 2.56 bits per heavy atom. The largest absolute Gasteiger partial charge is 0.337 e. The Bertz CT molecular complexity index is 1270. The lowest BCUT2D eigenvalue weighted by Crippen LogP contribution is -2.29. The number of fused-ring (bicyclic) bond motifs is 1. The Balaban J connectivity index is 1.56. The van der Waals surface area contributed by atoms with Gasteiger partial charge in [-0.15, -0.1) is 0 Å². The highest BCUT2D eigenvalue weighted by Crippen LogP contribution is 2.51. The van der Waals surface area contributed by atoms with Crippen LogP contribution >= 0.6 is 35.1 Å². The van der Waals surface area contributed by atoms with Crippen LogP contribution in [0.3, 0.4) is 0 Å². The van der Waals surface area contributed by atoms with E-state index in [1.165, 1.54) is 11.8 Å². The van der Waals surface area contributed by atoms with Crippen molar-refractivity contribution in [2.75, 3.05) is 16.8 Å². The highest BCUT2D eigenvalue weighted by Gasteiger charge is 2.40. The normalized spacial score (nSPS) is 19.2. The average molecular weight is 478 g/mol. The van der Waals surface area contributed by atoms with Crippen molar-refractivity contribution in [3.05, 3.63) is 98.9 Å². The zero-order valence-electron chi connectivity index (χ0n) is 17.6. The minimum Gasteiger partial charge on any atom is -0.337 e. The lowest BCUT2D eigenvalue weighted by molar-refractivity contribution is -0.113. The molecule has 0 atom stereocenters. The summed E-state index contributed by atoms with van der Waals surface area (Å²) in [4.78, 5) is 24.1. The minimum atomic E-state index is -0.0549. The number of thioether (sulfide) groups is 2. The van der Waals surface area contributed by atoms with Crippen LogP contribution in [0, 0.1) is 6.92 Å². The fourth-order valence-electron chi connectivity index (χ4n) is 3.66. The van der Waals surface area contributed by atoms with Crippen LogP contribution in [0.2, 0.25) is 5.02 Å². The number of anilines is 2. The number of amides is 1. The number of carbonyl (C=O) groups is 1. The summed E-state index contributed by atoms with van der Waals surface area (Å²) in [5.41, 5.74) is 4.04. The maximum absolute atomic E-state index is 13.7. The zero-order chi connectivity index (χ0) is 22.2. The fourth-order valence-corrected chi connectivity index (χ4v) is 6.13. The topological polar surface area (TPSA) is 35.9 Å². The summed E-state index contributed by atoms with van der Waals surface area (Å²) in [6.45, 7) is 2.54. The van der Waals surface area contributed by atoms with E-state index in [-0.39, 0.29) is 5.91 Å². The summed E-state index contributed by atoms with van der Waals surface area (Å²) in [5.74, 6) is -0.0549. The molecule has 2 heterocycles. The zero-order valence-corrected chi connectivity index (χ0v) is 20.0. The predicted octanol–water partition coefficient (Wildman–Crippen LogP) is 6.70. The van der Waals surface area contributed by atoms with Crippen molar-refractivity contribution >= 4 is 57.6 Å². The molecule has 7 heteroatoms. The van der Waals surface area contributed by atoms with Gasteiger partial charge >= 0.3 is 0 Å². The number of hydrogen-bond acceptors (Lipinski definition) is 5. The molecule has 2 aliphatic rings. The molecule has 160 valence electrons. The van der Waals surface area contributed by atoms with E-state index in [9.17, 15) is 4.79 Å². The number of hydrogen-bond donors (Lipinski definition) is 0. The van der Waals surface area contributed by atoms with Crippen molar-refractivity contribution in [3.8, 4) is 0 Å². The van der Waals surface area contributed by atoms with Gasteiger partial charge in [0.15, 0.2) is 5.17 Å². The molecule has 0 bridgehead atoms. The highest BCUT2D eigenvalue weighted by atomic mass is 35.5. The van der Waals surface area contributed by atoms with Gasteiger partial charge in [0.25, 0.3) is 5.91 Å². The molecule has 0 spiro atoms. The van der Waals surface area contributed by atoms with Gasteiger partial charge in [-0.1, -0.05) is 65.8 Å². The smallest absolute Gasteiger partial charge is 0.274 e. The Morgan fingerprint density at radius 1 is 0.969 bits per heavy atom. The number of rotatable bonds is 3. The molecule has 1 amide bonds. The molecular formula is C25H20ClN3OS2. The van der Waals surface area contributed by atoms with Crippen molar-refractivity contribution in [2.24, 2.45) is 4.99 Å². The Hall–Kier alpha value is -2.67. The van der Waals surface area contributed by atoms with E-state index in [1.54, 1.807) is 16.7 Å². The number of nitrogens with zero attached hydrogens (tertiary/aromatic N) is 3. The monoisotopic (exact) mass is 477 g/mol. The van der Waals surface area contributed by atoms with Gasteiger partial charge in [-0.05, 0) is 60.1 Å². The first-order valence-corrected chi connectivity index (χ1v) is 12.1.